The van der Waals surface area contributed by atoms with Gasteiger partial charge >= 0.3 is 5.97 Å². The number of hydrogen-bond donors (Lipinski definition) is 1. The summed E-state index contributed by atoms with van der Waals surface area (Å²) < 4.78 is 37.5. The zero-order valence-corrected chi connectivity index (χ0v) is 32.9. The molecule has 6 rings (SSSR count). The molecule has 0 bridgehead atoms. The monoisotopic (exact) mass is 766 g/mol. The highest BCUT2D eigenvalue weighted by Crippen LogP contribution is 2.41. The molecule has 0 saturated heterocycles. The standard InChI is InChI=1S/C44H46O8S2/c1-27(2)44(46)49-17-7-8-32(45)24-50-35(25-51-33-13-11-30-20-42(53-40(30)22-33)36-15-9-28(3)18-38(36)47-5)26-52-34-14-12-31-21-43(54-41(31)23-34)37-16-10-29(4)19-39(37)48-6/h9-16,18-23,32,35,45H,1,7-8,17,24-26H2,2-6H3. The van der Waals surface area contributed by atoms with Crippen molar-refractivity contribution in [3.63, 3.8) is 0 Å². The number of rotatable bonds is 18. The van der Waals surface area contributed by atoms with Gasteiger partial charge in [-0.2, -0.15) is 0 Å². The molecular formula is C44H46O8S2. The Morgan fingerprint density at radius 3 is 1.72 bits per heavy atom. The quantitative estimate of drug-likeness (QED) is 0.0525. The van der Waals surface area contributed by atoms with E-state index in [9.17, 15) is 9.90 Å². The lowest BCUT2D eigenvalue weighted by Crippen LogP contribution is -2.32. The van der Waals surface area contributed by atoms with Gasteiger partial charge in [-0.25, -0.2) is 4.79 Å². The predicted molar refractivity (Wildman–Crippen MR) is 219 cm³/mol. The Bertz CT molecular complexity index is 2100. The van der Waals surface area contributed by atoms with Gasteiger partial charge in [-0.3, -0.25) is 0 Å². The summed E-state index contributed by atoms with van der Waals surface area (Å²) in [6.07, 6.45) is -0.339. The van der Waals surface area contributed by atoms with Gasteiger partial charge in [-0.15, -0.1) is 22.7 Å². The van der Waals surface area contributed by atoms with Crippen LogP contribution in [0.1, 0.15) is 30.9 Å². The molecule has 0 aliphatic heterocycles. The molecule has 0 radical (unpaired) electrons. The second-order valence-electron chi connectivity index (χ2n) is 13.3. The first-order valence-corrected chi connectivity index (χ1v) is 19.5. The van der Waals surface area contributed by atoms with E-state index in [2.05, 4.69) is 69.0 Å². The van der Waals surface area contributed by atoms with Crippen LogP contribution in [-0.4, -0.2) is 63.9 Å². The van der Waals surface area contributed by atoms with E-state index in [-0.39, 0.29) is 26.4 Å². The lowest BCUT2D eigenvalue weighted by atomic mass is 10.1. The lowest BCUT2D eigenvalue weighted by molar-refractivity contribution is -0.139. The topological polar surface area (TPSA) is 92.7 Å². The van der Waals surface area contributed by atoms with E-state index < -0.39 is 18.2 Å². The van der Waals surface area contributed by atoms with Gasteiger partial charge in [0.1, 0.15) is 42.3 Å². The Labute approximate surface area is 324 Å². The number of ether oxygens (including phenoxy) is 6. The number of methoxy groups -OCH3 is 2. The number of carbonyl (C=O) groups is 1. The number of aryl methyl sites for hydroxylation is 2. The van der Waals surface area contributed by atoms with Gasteiger partial charge in [0.25, 0.3) is 0 Å². The number of hydrogen-bond acceptors (Lipinski definition) is 10. The molecule has 0 fully saturated rings. The number of benzene rings is 4. The van der Waals surface area contributed by atoms with E-state index in [1.54, 1.807) is 43.8 Å². The first-order chi connectivity index (χ1) is 26.1. The summed E-state index contributed by atoms with van der Waals surface area (Å²) in [4.78, 5) is 13.9. The molecule has 6 aromatic rings. The molecule has 0 aliphatic carbocycles. The summed E-state index contributed by atoms with van der Waals surface area (Å²) in [6.45, 7) is 9.99. The third-order valence-electron chi connectivity index (χ3n) is 8.89. The van der Waals surface area contributed by atoms with Crippen molar-refractivity contribution in [2.45, 2.75) is 45.8 Å². The molecule has 10 heteroatoms. The highest BCUT2D eigenvalue weighted by molar-refractivity contribution is 7.22. The van der Waals surface area contributed by atoms with Crippen molar-refractivity contribution in [3.05, 3.63) is 108 Å². The molecule has 2 aromatic heterocycles. The van der Waals surface area contributed by atoms with Crippen LogP contribution in [0.25, 0.3) is 41.1 Å². The minimum atomic E-state index is -0.754. The van der Waals surface area contributed by atoms with Crippen molar-refractivity contribution in [2.75, 3.05) is 40.6 Å². The lowest BCUT2D eigenvalue weighted by Gasteiger charge is -2.21. The molecule has 4 aromatic carbocycles. The average molecular weight is 767 g/mol. The molecule has 1 unspecified atom stereocenters. The highest BCUT2D eigenvalue weighted by Gasteiger charge is 2.18. The maximum atomic E-state index is 11.7. The Morgan fingerprint density at radius 1 is 0.722 bits per heavy atom. The van der Waals surface area contributed by atoms with Crippen molar-refractivity contribution >= 4 is 48.8 Å². The largest absolute Gasteiger partial charge is 0.496 e. The van der Waals surface area contributed by atoms with Gasteiger partial charge < -0.3 is 33.5 Å². The van der Waals surface area contributed by atoms with Crippen LogP contribution < -0.4 is 18.9 Å². The van der Waals surface area contributed by atoms with Gasteiger partial charge in [0.2, 0.25) is 0 Å². The summed E-state index contributed by atoms with van der Waals surface area (Å²) in [5.41, 5.74) is 4.74. The molecule has 54 heavy (non-hydrogen) atoms. The van der Waals surface area contributed by atoms with Crippen LogP contribution in [0.3, 0.4) is 0 Å². The van der Waals surface area contributed by atoms with Crippen LogP contribution in [0.2, 0.25) is 0 Å². The normalized spacial score (nSPS) is 11.9. The smallest absolute Gasteiger partial charge is 0.333 e. The molecule has 0 amide bonds. The van der Waals surface area contributed by atoms with Crippen LogP contribution in [0.4, 0.5) is 0 Å². The molecule has 1 N–H and O–H groups in total. The second kappa shape index (κ2) is 18.0. The number of fused-ring (bicyclic) bond motifs is 2. The van der Waals surface area contributed by atoms with E-state index in [4.69, 9.17) is 28.4 Å². The van der Waals surface area contributed by atoms with E-state index in [0.717, 1.165) is 63.7 Å². The van der Waals surface area contributed by atoms with Crippen molar-refractivity contribution in [1.82, 2.24) is 0 Å². The zero-order chi connectivity index (χ0) is 38.2. The maximum absolute atomic E-state index is 11.7. The Balaban J connectivity index is 1.13. The Hall–Kier alpha value is -4.87. The average Bonchev–Trinajstić information content (AvgIpc) is 3.79. The van der Waals surface area contributed by atoms with Crippen molar-refractivity contribution in [1.29, 1.82) is 0 Å². The minimum Gasteiger partial charge on any atom is -0.496 e. The number of aliphatic hydroxyl groups excluding tert-OH is 1. The predicted octanol–water partition coefficient (Wildman–Crippen LogP) is 10.2. The van der Waals surface area contributed by atoms with Crippen LogP contribution in [0.15, 0.2) is 97.1 Å². The summed E-state index contributed by atoms with van der Waals surface area (Å²) in [5.74, 6) is 2.67. The van der Waals surface area contributed by atoms with Gasteiger partial charge in [0.15, 0.2) is 0 Å². The van der Waals surface area contributed by atoms with Gasteiger partial charge in [0, 0.05) is 35.9 Å². The summed E-state index contributed by atoms with van der Waals surface area (Å²) in [5, 5.41) is 12.9. The molecule has 0 saturated carbocycles. The van der Waals surface area contributed by atoms with E-state index in [0.29, 0.717) is 29.9 Å². The molecule has 2 heterocycles. The Kier molecular flexibility index (Phi) is 12.9. The molecule has 0 aliphatic rings. The highest BCUT2D eigenvalue weighted by atomic mass is 32.1. The number of thiophene rings is 2. The second-order valence-corrected chi connectivity index (χ2v) is 15.5. The molecular weight excluding hydrogens is 721 g/mol. The van der Waals surface area contributed by atoms with Gasteiger partial charge in [-0.1, -0.05) is 18.7 Å². The number of carbonyl (C=O) groups excluding carboxylic acids is 1. The van der Waals surface area contributed by atoms with Gasteiger partial charge in [-0.05, 0) is 128 Å². The molecule has 8 nitrogen and oxygen atoms in total. The third-order valence-corrected chi connectivity index (χ3v) is 11.1. The fourth-order valence-electron chi connectivity index (χ4n) is 5.93. The van der Waals surface area contributed by atoms with E-state index in [1.165, 1.54) is 0 Å². The SMILES string of the molecule is C=C(C)C(=O)OCCCC(O)COC(COc1ccc2cc(-c3ccc(C)cc3OC)sc2c1)COc1ccc2cc(-c3ccc(C)cc3OC)sc2c1. The fourth-order valence-corrected chi connectivity index (χ4v) is 8.17. The van der Waals surface area contributed by atoms with Crippen molar-refractivity contribution < 1.29 is 38.3 Å². The Morgan fingerprint density at radius 2 is 1.24 bits per heavy atom. The van der Waals surface area contributed by atoms with Crippen LogP contribution in [0, 0.1) is 13.8 Å². The summed E-state index contributed by atoms with van der Waals surface area (Å²) in [7, 11) is 3.39. The van der Waals surface area contributed by atoms with Crippen molar-refractivity contribution in [2.24, 2.45) is 0 Å². The maximum Gasteiger partial charge on any atom is 0.333 e. The summed E-state index contributed by atoms with van der Waals surface area (Å²) >= 11 is 3.36. The van der Waals surface area contributed by atoms with Crippen LogP contribution >= 0.6 is 22.7 Å². The van der Waals surface area contributed by atoms with E-state index in [1.807, 2.05) is 36.4 Å². The molecule has 0 spiro atoms. The first kappa shape index (κ1) is 38.8. The van der Waals surface area contributed by atoms with Gasteiger partial charge in [0.05, 0.1) is 33.5 Å². The zero-order valence-electron chi connectivity index (χ0n) is 31.3. The van der Waals surface area contributed by atoms with Crippen LogP contribution in [0.5, 0.6) is 23.0 Å². The van der Waals surface area contributed by atoms with Crippen LogP contribution in [-0.2, 0) is 14.3 Å². The van der Waals surface area contributed by atoms with E-state index >= 15 is 0 Å². The third kappa shape index (κ3) is 9.81. The fraction of sp³-hybridized carbons (Fsp3) is 0.295. The number of aliphatic hydroxyl groups is 1. The van der Waals surface area contributed by atoms with Crippen molar-refractivity contribution in [3.8, 4) is 43.9 Å². The first-order valence-electron chi connectivity index (χ1n) is 17.8. The number of esters is 1. The molecule has 282 valence electrons. The minimum absolute atomic E-state index is 0.0726. The summed E-state index contributed by atoms with van der Waals surface area (Å²) in [6, 6.07) is 28.9. The molecule has 1 atom stereocenters.